The minimum atomic E-state index is 0. The summed E-state index contributed by atoms with van der Waals surface area (Å²) in [6.45, 7) is 3.36. The molecule has 2 aromatic rings. The van der Waals surface area contributed by atoms with Crippen LogP contribution in [-0.4, -0.2) is 35.1 Å². The van der Waals surface area contributed by atoms with Gasteiger partial charge < -0.3 is 15.2 Å². The second-order valence-electron chi connectivity index (χ2n) is 6.70. The monoisotopic (exact) mass is 347 g/mol. The Hall–Kier alpha value is -1.85. The van der Waals surface area contributed by atoms with Crippen LogP contribution in [0, 0.1) is 18.8 Å². The molecule has 2 aliphatic rings. The fourth-order valence-corrected chi connectivity index (χ4v) is 4.05. The molecule has 1 aromatic heterocycles. The Labute approximate surface area is 147 Å². The van der Waals surface area contributed by atoms with Gasteiger partial charge in [0.25, 0.3) is 5.91 Å². The molecule has 0 radical (unpaired) electrons. The van der Waals surface area contributed by atoms with E-state index in [0.29, 0.717) is 28.9 Å². The Kier molecular flexibility index (Phi) is 4.65. The lowest BCUT2D eigenvalue weighted by Crippen LogP contribution is -2.33. The minimum absolute atomic E-state index is 0. The average molecular weight is 348 g/mol. The highest BCUT2D eigenvalue weighted by molar-refractivity contribution is 6.01. The molecule has 1 saturated heterocycles. The summed E-state index contributed by atoms with van der Waals surface area (Å²) in [5.41, 5.74) is 8.31. The summed E-state index contributed by atoms with van der Waals surface area (Å²) in [5, 5.41) is 4.12. The highest BCUT2D eigenvalue weighted by Gasteiger charge is 2.43. The number of aryl methyl sites for hydroxylation is 1. The van der Waals surface area contributed by atoms with Gasteiger partial charge >= 0.3 is 0 Å². The summed E-state index contributed by atoms with van der Waals surface area (Å²) in [4.78, 5) is 15.0. The topological polar surface area (TPSA) is 72.4 Å². The van der Waals surface area contributed by atoms with Crippen molar-refractivity contribution in [2.45, 2.75) is 25.8 Å². The molecule has 2 fully saturated rings. The van der Waals surface area contributed by atoms with E-state index in [1.54, 1.807) is 6.92 Å². The van der Waals surface area contributed by atoms with E-state index >= 15 is 0 Å². The van der Waals surface area contributed by atoms with Crippen molar-refractivity contribution in [2.24, 2.45) is 17.6 Å². The van der Waals surface area contributed by atoms with Gasteiger partial charge in [-0.3, -0.25) is 4.79 Å². The molecule has 6 heteroatoms. The third-order valence-corrected chi connectivity index (χ3v) is 5.32. The number of likely N-dealkylation sites (tertiary alicyclic amines) is 1. The molecule has 5 nitrogen and oxygen atoms in total. The smallest absolute Gasteiger partial charge is 0.259 e. The predicted molar refractivity (Wildman–Crippen MR) is 94.0 cm³/mol. The van der Waals surface area contributed by atoms with Crippen LogP contribution in [0.15, 0.2) is 34.9 Å². The van der Waals surface area contributed by atoms with Gasteiger partial charge in [0.05, 0.1) is 0 Å². The minimum Gasteiger partial charge on any atom is -0.360 e. The van der Waals surface area contributed by atoms with E-state index in [0.717, 1.165) is 31.5 Å². The number of hydrogen-bond donors (Lipinski definition) is 1. The first kappa shape index (κ1) is 17.0. The number of carbonyl (C=O) groups is 1. The van der Waals surface area contributed by atoms with Crippen molar-refractivity contribution in [1.82, 2.24) is 10.1 Å². The highest BCUT2D eigenvalue weighted by Crippen LogP contribution is 2.38. The van der Waals surface area contributed by atoms with Gasteiger partial charge in [0.1, 0.15) is 17.0 Å². The van der Waals surface area contributed by atoms with Gasteiger partial charge in [-0.05, 0) is 31.6 Å². The molecular weight excluding hydrogens is 326 g/mol. The molecule has 2 N–H and O–H groups in total. The summed E-state index contributed by atoms with van der Waals surface area (Å²) >= 11 is 0. The predicted octanol–water partition coefficient (Wildman–Crippen LogP) is 2.88. The largest absolute Gasteiger partial charge is 0.360 e. The zero-order valence-corrected chi connectivity index (χ0v) is 14.5. The third-order valence-electron chi connectivity index (χ3n) is 5.32. The summed E-state index contributed by atoms with van der Waals surface area (Å²) in [7, 11) is 0. The van der Waals surface area contributed by atoms with Gasteiger partial charge in [0.2, 0.25) is 0 Å². The Morgan fingerprint density at radius 3 is 2.71 bits per heavy atom. The second-order valence-corrected chi connectivity index (χ2v) is 6.70. The first-order valence-electron chi connectivity index (χ1n) is 8.21. The number of benzene rings is 1. The van der Waals surface area contributed by atoms with E-state index in [4.69, 9.17) is 10.3 Å². The van der Waals surface area contributed by atoms with Gasteiger partial charge in [-0.2, -0.15) is 0 Å². The van der Waals surface area contributed by atoms with Crippen molar-refractivity contribution in [2.75, 3.05) is 13.1 Å². The molecule has 1 amide bonds. The van der Waals surface area contributed by atoms with Crippen LogP contribution in [0.25, 0.3) is 11.3 Å². The molecule has 4 rings (SSSR count). The first-order chi connectivity index (χ1) is 11.1. The molecular formula is C18H22ClN3O2. The number of nitrogens with two attached hydrogens (primary N) is 1. The number of rotatable bonds is 2. The molecule has 1 aliphatic heterocycles. The molecule has 0 spiro atoms. The summed E-state index contributed by atoms with van der Waals surface area (Å²) in [6, 6.07) is 9.95. The lowest BCUT2D eigenvalue weighted by molar-refractivity contribution is 0.0778. The second kappa shape index (κ2) is 6.57. The quantitative estimate of drug-likeness (QED) is 0.906. The van der Waals surface area contributed by atoms with E-state index in [1.807, 2.05) is 35.2 Å². The number of fused-ring (bicyclic) bond motifs is 1. The van der Waals surface area contributed by atoms with Gasteiger partial charge in [0.15, 0.2) is 0 Å². The van der Waals surface area contributed by atoms with Crippen LogP contribution in [0.2, 0.25) is 0 Å². The number of halogens is 1. The molecule has 24 heavy (non-hydrogen) atoms. The maximum absolute atomic E-state index is 13.0. The fraction of sp³-hybridized carbons (Fsp3) is 0.444. The number of hydrogen-bond acceptors (Lipinski definition) is 4. The molecule has 0 bridgehead atoms. The number of amides is 1. The van der Waals surface area contributed by atoms with Crippen molar-refractivity contribution in [1.29, 1.82) is 0 Å². The molecule has 128 valence electrons. The van der Waals surface area contributed by atoms with Crippen LogP contribution in [-0.2, 0) is 0 Å². The normalized spacial score (nSPS) is 25.4. The maximum Gasteiger partial charge on any atom is 0.259 e. The lowest BCUT2D eigenvalue weighted by Gasteiger charge is -2.18. The van der Waals surface area contributed by atoms with E-state index in [-0.39, 0.29) is 24.4 Å². The molecule has 3 atom stereocenters. The fourth-order valence-electron chi connectivity index (χ4n) is 4.05. The summed E-state index contributed by atoms with van der Waals surface area (Å²) < 4.78 is 5.32. The SMILES string of the molecule is Cc1onc(-c2ccccc2)c1C(=O)N1CC2CCC(N)C2C1.Cl. The van der Waals surface area contributed by atoms with Crippen LogP contribution in [0.1, 0.15) is 29.0 Å². The van der Waals surface area contributed by atoms with Crippen molar-refractivity contribution >= 4 is 18.3 Å². The standard InChI is InChI=1S/C18H21N3O2.ClH/c1-11-16(17(20-23-11)12-5-3-2-4-6-12)18(22)21-9-13-7-8-15(19)14(13)10-21;/h2-6,13-15H,7-10,19H2,1H3;1H. The summed E-state index contributed by atoms with van der Waals surface area (Å²) in [5.74, 6) is 1.59. The van der Waals surface area contributed by atoms with Crippen LogP contribution < -0.4 is 5.73 Å². The average Bonchev–Trinajstić information content (AvgIpc) is 3.24. The van der Waals surface area contributed by atoms with Gasteiger partial charge in [-0.1, -0.05) is 35.5 Å². The van der Waals surface area contributed by atoms with Gasteiger partial charge in [-0.15, -0.1) is 12.4 Å². The maximum atomic E-state index is 13.0. The van der Waals surface area contributed by atoms with Crippen molar-refractivity contribution in [3.63, 3.8) is 0 Å². The van der Waals surface area contributed by atoms with Crippen LogP contribution >= 0.6 is 12.4 Å². The molecule has 3 unspecified atom stereocenters. The molecule has 1 saturated carbocycles. The van der Waals surface area contributed by atoms with Gasteiger partial charge in [-0.25, -0.2) is 0 Å². The van der Waals surface area contributed by atoms with Gasteiger partial charge in [0, 0.05) is 24.7 Å². The zero-order valence-electron chi connectivity index (χ0n) is 13.6. The number of carbonyl (C=O) groups excluding carboxylic acids is 1. The van der Waals surface area contributed by atoms with E-state index in [1.165, 1.54) is 0 Å². The first-order valence-corrected chi connectivity index (χ1v) is 8.21. The Bertz CT molecular complexity index is 731. The van der Waals surface area contributed by atoms with Crippen molar-refractivity contribution in [3.05, 3.63) is 41.7 Å². The van der Waals surface area contributed by atoms with Crippen LogP contribution in [0.4, 0.5) is 0 Å². The van der Waals surface area contributed by atoms with Crippen molar-refractivity contribution in [3.8, 4) is 11.3 Å². The molecule has 1 aromatic carbocycles. The summed E-state index contributed by atoms with van der Waals surface area (Å²) in [6.07, 6.45) is 2.21. The third kappa shape index (κ3) is 2.72. The Morgan fingerprint density at radius 2 is 2.00 bits per heavy atom. The molecule has 1 aliphatic carbocycles. The van der Waals surface area contributed by atoms with Crippen LogP contribution in [0.3, 0.4) is 0 Å². The zero-order chi connectivity index (χ0) is 16.0. The Morgan fingerprint density at radius 1 is 1.25 bits per heavy atom. The van der Waals surface area contributed by atoms with Crippen LogP contribution in [0.5, 0.6) is 0 Å². The van der Waals surface area contributed by atoms with E-state index < -0.39 is 0 Å². The van der Waals surface area contributed by atoms with E-state index in [9.17, 15) is 4.79 Å². The van der Waals surface area contributed by atoms with E-state index in [2.05, 4.69) is 5.16 Å². The Balaban J connectivity index is 0.00000169. The number of nitrogens with zero attached hydrogens (tertiary/aromatic N) is 2. The lowest BCUT2D eigenvalue weighted by atomic mass is 9.98. The highest BCUT2D eigenvalue weighted by atomic mass is 35.5. The van der Waals surface area contributed by atoms with Crippen molar-refractivity contribution < 1.29 is 9.32 Å². The molecule has 2 heterocycles. The number of aromatic nitrogens is 1.